The quantitative estimate of drug-likeness (QED) is 0.697. The van der Waals surface area contributed by atoms with Gasteiger partial charge in [0, 0.05) is 11.3 Å². The second kappa shape index (κ2) is 5.79. The lowest BCUT2D eigenvalue weighted by Crippen LogP contribution is -2.46. The summed E-state index contributed by atoms with van der Waals surface area (Å²) in [6.07, 6.45) is 0.912. The van der Waals surface area contributed by atoms with E-state index in [4.69, 9.17) is 5.11 Å². The first kappa shape index (κ1) is 13.7. The number of rotatable bonds is 6. The van der Waals surface area contributed by atoms with Crippen molar-refractivity contribution in [3.8, 4) is 0 Å². The summed E-state index contributed by atoms with van der Waals surface area (Å²) in [7, 11) is 0. The molecule has 0 saturated carbocycles. The Labute approximate surface area is 103 Å². The number of carbonyl (C=O) groups excluding carboxylic acids is 1. The fourth-order valence-corrected chi connectivity index (χ4v) is 1.84. The van der Waals surface area contributed by atoms with Crippen molar-refractivity contribution in [1.29, 1.82) is 0 Å². The van der Waals surface area contributed by atoms with E-state index in [-0.39, 0.29) is 18.9 Å². The molecule has 0 aliphatic rings. The first-order valence-electron chi connectivity index (χ1n) is 5.16. The first-order valence-corrected chi connectivity index (χ1v) is 6.04. The van der Waals surface area contributed by atoms with E-state index in [0.717, 1.165) is 11.8 Å². The number of hydrogen-bond donors (Lipinski definition) is 3. The highest BCUT2D eigenvalue weighted by Crippen LogP contribution is 2.10. The summed E-state index contributed by atoms with van der Waals surface area (Å²) in [6.45, 7) is 0.862. The van der Waals surface area contributed by atoms with Crippen LogP contribution in [0.5, 0.6) is 0 Å². The Hall–Kier alpha value is -1.40. The molecule has 1 heterocycles. The zero-order chi connectivity index (χ0) is 12.9. The van der Waals surface area contributed by atoms with E-state index in [0.29, 0.717) is 6.42 Å². The predicted octanol–water partition coefficient (Wildman–Crippen LogP) is 0.632. The number of aliphatic hydroxyl groups is 1. The van der Waals surface area contributed by atoms with Gasteiger partial charge in [-0.25, -0.2) is 4.79 Å². The molecule has 5 nitrogen and oxygen atoms in total. The molecule has 1 aromatic heterocycles. The third-order valence-electron chi connectivity index (χ3n) is 2.27. The number of hydrogen-bond acceptors (Lipinski definition) is 4. The van der Waals surface area contributed by atoms with Gasteiger partial charge in [-0.2, -0.15) is 0 Å². The van der Waals surface area contributed by atoms with Gasteiger partial charge in [-0.05, 0) is 24.8 Å². The molecule has 1 atom stereocenters. The summed E-state index contributed by atoms with van der Waals surface area (Å²) in [5.41, 5.74) is -1.92. The van der Waals surface area contributed by atoms with E-state index in [1.165, 1.54) is 0 Å². The van der Waals surface area contributed by atoms with E-state index < -0.39 is 11.6 Å². The number of carbonyl (C=O) groups is 2. The van der Waals surface area contributed by atoms with Gasteiger partial charge in [-0.3, -0.25) is 4.79 Å². The van der Waals surface area contributed by atoms with Crippen molar-refractivity contribution in [1.82, 2.24) is 5.32 Å². The molecule has 0 aromatic carbocycles. The van der Waals surface area contributed by atoms with E-state index in [1.807, 2.05) is 17.5 Å². The highest BCUT2D eigenvalue weighted by molar-refractivity contribution is 7.09. The van der Waals surface area contributed by atoms with Gasteiger partial charge in [-0.15, -0.1) is 11.3 Å². The number of thiophene rings is 1. The van der Waals surface area contributed by atoms with E-state index >= 15 is 0 Å². The molecular formula is C11H15NO4S. The van der Waals surface area contributed by atoms with Crippen molar-refractivity contribution in [3.05, 3.63) is 22.4 Å². The normalized spacial score (nSPS) is 14.0. The fraction of sp³-hybridized carbons (Fsp3) is 0.455. The maximum absolute atomic E-state index is 11.4. The molecule has 1 aromatic rings. The van der Waals surface area contributed by atoms with Crippen LogP contribution in [0.4, 0.5) is 0 Å². The average Bonchev–Trinajstić information content (AvgIpc) is 2.76. The molecule has 17 heavy (non-hydrogen) atoms. The maximum Gasteiger partial charge on any atom is 0.337 e. The van der Waals surface area contributed by atoms with Gasteiger partial charge in [0.25, 0.3) is 0 Å². The zero-order valence-corrected chi connectivity index (χ0v) is 10.3. The Morgan fingerprint density at radius 1 is 1.53 bits per heavy atom. The minimum absolute atomic E-state index is 0.264. The van der Waals surface area contributed by atoms with Crippen LogP contribution >= 0.6 is 11.3 Å². The SMILES string of the molecule is CC(O)(CNC(=O)CCc1cccs1)C(=O)O. The van der Waals surface area contributed by atoms with Gasteiger partial charge in [0.1, 0.15) is 0 Å². The van der Waals surface area contributed by atoms with Crippen LogP contribution in [0.2, 0.25) is 0 Å². The molecule has 0 radical (unpaired) electrons. The molecule has 0 spiro atoms. The van der Waals surface area contributed by atoms with Gasteiger partial charge in [0.2, 0.25) is 5.91 Å². The fourth-order valence-electron chi connectivity index (χ4n) is 1.13. The van der Waals surface area contributed by atoms with Gasteiger partial charge < -0.3 is 15.5 Å². The van der Waals surface area contributed by atoms with Gasteiger partial charge in [-0.1, -0.05) is 6.07 Å². The molecule has 6 heteroatoms. The van der Waals surface area contributed by atoms with Crippen LogP contribution < -0.4 is 5.32 Å². The van der Waals surface area contributed by atoms with Crippen LogP contribution in [-0.2, 0) is 16.0 Å². The summed E-state index contributed by atoms with van der Waals surface area (Å²) in [4.78, 5) is 23.1. The minimum Gasteiger partial charge on any atom is -0.479 e. The van der Waals surface area contributed by atoms with Crippen molar-refractivity contribution >= 4 is 23.2 Å². The Balaban J connectivity index is 2.28. The molecule has 0 fully saturated rings. The third kappa shape index (κ3) is 4.54. The molecule has 0 aliphatic carbocycles. The number of nitrogens with one attached hydrogen (secondary N) is 1. The third-order valence-corrected chi connectivity index (χ3v) is 3.21. The first-order chi connectivity index (χ1) is 7.92. The average molecular weight is 257 g/mol. The van der Waals surface area contributed by atoms with Crippen molar-refractivity contribution in [3.63, 3.8) is 0 Å². The summed E-state index contributed by atoms with van der Waals surface area (Å²) < 4.78 is 0. The molecule has 1 unspecified atom stereocenters. The summed E-state index contributed by atoms with van der Waals surface area (Å²) >= 11 is 1.57. The van der Waals surface area contributed by atoms with E-state index in [1.54, 1.807) is 11.3 Å². The van der Waals surface area contributed by atoms with Crippen molar-refractivity contribution < 1.29 is 19.8 Å². The second-order valence-corrected chi connectivity index (χ2v) is 4.97. The Morgan fingerprint density at radius 2 is 2.24 bits per heavy atom. The van der Waals surface area contributed by atoms with E-state index in [9.17, 15) is 14.7 Å². The minimum atomic E-state index is -1.92. The molecule has 0 saturated heterocycles. The van der Waals surface area contributed by atoms with Crippen LogP contribution in [-0.4, -0.2) is 34.2 Å². The van der Waals surface area contributed by atoms with Gasteiger partial charge >= 0.3 is 5.97 Å². The van der Waals surface area contributed by atoms with Crippen LogP contribution in [0.15, 0.2) is 17.5 Å². The highest BCUT2D eigenvalue weighted by atomic mass is 32.1. The summed E-state index contributed by atoms with van der Waals surface area (Å²) in [6, 6.07) is 3.85. The van der Waals surface area contributed by atoms with Crippen LogP contribution in [0.1, 0.15) is 18.2 Å². The Morgan fingerprint density at radius 3 is 2.76 bits per heavy atom. The van der Waals surface area contributed by atoms with Gasteiger partial charge in [0.15, 0.2) is 5.60 Å². The zero-order valence-electron chi connectivity index (χ0n) is 9.47. The largest absolute Gasteiger partial charge is 0.479 e. The van der Waals surface area contributed by atoms with Crippen molar-refractivity contribution in [2.24, 2.45) is 0 Å². The standard InChI is InChI=1S/C11H15NO4S/c1-11(16,10(14)15)7-12-9(13)5-4-8-3-2-6-17-8/h2-3,6,16H,4-5,7H2,1H3,(H,12,13)(H,14,15). The molecule has 1 rings (SSSR count). The second-order valence-electron chi connectivity index (χ2n) is 3.94. The lowest BCUT2D eigenvalue weighted by molar-refractivity contribution is -0.156. The summed E-state index contributed by atoms with van der Waals surface area (Å²) in [5.74, 6) is -1.61. The van der Waals surface area contributed by atoms with E-state index in [2.05, 4.69) is 5.32 Å². The highest BCUT2D eigenvalue weighted by Gasteiger charge is 2.30. The smallest absolute Gasteiger partial charge is 0.337 e. The lowest BCUT2D eigenvalue weighted by atomic mass is 10.1. The number of aliphatic carboxylic acids is 1. The number of amides is 1. The lowest BCUT2D eigenvalue weighted by Gasteiger charge is -2.18. The predicted molar refractivity (Wildman–Crippen MR) is 63.9 cm³/mol. The summed E-state index contributed by atoms with van der Waals surface area (Å²) in [5, 5.41) is 22.3. The molecule has 1 amide bonds. The van der Waals surface area contributed by atoms with Crippen LogP contribution in [0.25, 0.3) is 0 Å². The number of aryl methyl sites for hydroxylation is 1. The van der Waals surface area contributed by atoms with Crippen LogP contribution in [0, 0.1) is 0 Å². The number of carboxylic acid groups (broad SMARTS) is 1. The topological polar surface area (TPSA) is 86.6 Å². The molecule has 0 aliphatic heterocycles. The molecule has 94 valence electrons. The number of carboxylic acids is 1. The monoisotopic (exact) mass is 257 g/mol. The van der Waals surface area contributed by atoms with Crippen molar-refractivity contribution in [2.75, 3.05) is 6.54 Å². The molecular weight excluding hydrogens is 242 g/mol. The Bertz CT molecular complexity index is 386. The molecule has 0 bridgehead atoms. The molecule has 3 N–H and O–H groups in total. The Kier molecular flexibility index (Phi) is 4.65. The van der Waals surface area contributed by atoms with Crippen molar-refractivity contribution in [2.45, 2.75) is 25.4 Å². The maximum atomic E-state index is 11.4. The van der Waals surface area contributed by atoms with Crippen LogP contribution in [0.3, 0.4) is 0 Å². The van der Waals surface area contributed by atoms with Gasteiger partial charge in [0.05, 0.1) is 6.54 Å².